The number of carbonyl (C=O) groups excluding carboxylic acids is 2. The molecule has 1 saturated heterocycles. The van der Waals surface area contributed by atoms with Gasteiger partial charge in [0.25, 0.3) is 0 Å². The number of para-hydroxylation sites is 1. The number of anilines is 1. The average molecular weight is 355 g/mol. The number of hydrogen-bond acceptors (Lipinski definition) is 4. The van der Waals surface area contributed by atoms with Gasteiger partial charge in [-0.25, -0.2) is 0 Å². The third-order valence-electron chi connectivity index (χ3n) is 4.45. The fourth-order valence-electron chi connectivity index (χ4n) is 3.13. The highest BCUT2D eigenvalue weighted by Gasteiger charge is 2.22. The number of hydrogen-bond donors (Lipinski definition) is 2. The van der Waals surface area contributed by atoms with Gasteiger partial charge in [-0.3, -0.25) is 19.2 Å². The fourth-order valence-corrected chi connectivity index (χ4v) is 3.13. The molecule has 2 N–H and O–H groups in total. The van der Waals surface area contributed by atoms with Crippen LogP contribution in [-0.2, 0) is 16.1 Å². The quantitative estimate of drug-likeness (QED) is 0.821. The predicted molar refractivity (Wildman–Crippen MR) is 99.6 cm³/mol. The van der Waals surface area contributed by atoms with E-state index in [9.17, 15) is 9.59 Å². The van der Waals surface area contributed by atoms with Gasteiger partial charge in [-0.1, -0.05) is 18.2 Å². The SMILES string of the molecule is Cc1cnn(CC(=O)NC2CCN(CC(=O)Nc3ccccc3)CC2)c1. The van der Waals surface area contributed by atoms with E-state index in [2.05, 4.69) is 20.6 Å². The summed E-state index contributed by atoms with van der Waals surface area (Å²) in [6, 6.07) is 9.62. The van der Waals surface area contributed by atoms with Crippen LogP contribution in [0.3, 0.4) is 0 Å². The highest BCUT2D eigenvalue weighted by Crippen LogP contribution is 2.11. The van der Waals surface area contributed by atoms with Crippen LogP contribution < -0.4 is 10.6 Å². The lowest BCUT2D eigenvalue weighted by atomic mass is 10.0. The van der Waals surface area contributed by atoms with Crippen molar-refractivity contribution in [3.63, 3.8) is 0 Å². The molecule has 0 atom stereocenters. The molecule has 0 aliphatic carbocycles. The lowest BCUT2D eigenvalue weighted by Gasteiger charge is -2.31. The number of aromatic nitrogens is 2. The Bertz CT molecular complexity index is 735. The van der Waals surface area contributed by atoms with Crippen molar-refractivity contribution < 1.29 is 9.59 Å². The molecule has 1 aliphatic heterocycles. The fraction of sp³-hybridized carbons (Fsp3) is 0.421. The molecule has 138 valence electrons. The number of amides is 2. The summed E-state index contributed by atoms with van der Waals surface area (Å²) in [6.07, 6.45) is 5.30. The first kappa shape index (κ1) is 18.1. The standard InChI is InChI=1S/C19H25N5O2/c1-15-11-20-24(12-15)14-19(26)22-17-7-9-23(10-8-17)13-18(25)21-16-5-3-2-4-6-16/h2-6,11-12,17H,7-10,13-14H2,1H3,(H,21,25)(H,22,26). The summed E-state index contributed by atoms with van der Waals surface area (Å²) in [5.41, 5.74) is 1.85. The van der Waals surface area contributed by atoms with Crippen LogP contribution >= 0.6 is 0 Å². The topological polar surface area (TPSA) is 79.3 Å². The maximum absolute atomic E-state index is 12.1. The van der Waals surface area contributed by atoms with Crippen molar-refractivity contribution in [1.29, 1.82) is 0 Å². The maximum Gasteiger partial charge on any atom is 0.241 e. The molecule has 0 saturated carbocycles. The monoisotopic (exact) mass is 355 g/mol. The van der Waals surface area contributed by atoms with Crippen LogP contribution in [-0.4, -0.2) is 52.2 Å². The van der Waals surface area contributed by atoms with Crippen molar-refractivity contribution in [1.82, 2.24) is 20.0 Å². The summed E-state index contributed by atoms with van der Waals surface area (Å²) in [4.78, 5) is 26.3. The summed E-state index contributed by atoms with van der Waals surface area (Å²) in [5.74, 6) is -0.0268. The second kappa shape index (κ2) is 8.62. The van der Waals surface area contributed by atoms with E-state index < -0.39 is 0 Å². The van der Waals surface area contributed by atoms with Gasteiger partial charge < -0.3 is 10.6 Å². The van der Waals surface area contributed by atoms with Crippen molar-refractivity contribution in [2.45, 2.75) is 32.4 Å². The van der Waals surface area contributed by atoms with E-state index >= 15 is 0 Å². The predicted octanol–water partition coefficient (Wildman–Crippen LogP) is 1.41. The molecule has 2 aromatic rings. The van der Waals surface area contributed by atoms with Crippen LogP contribution in [0.2, 0.25) is 0 Å². The Hall–Kier alpha value is -2.67. The summed E-state index contributed by atoms with van der Waals surface area (Å²) >= 11 is 0. The first-order valence-electron chi connectivity index (χ1n) is 8.94. The van der Waals surface area contributed by atoms with Crippen molar-refractivity contribution in [3.05, 3.63) is 48.3 Å². The molecular formula is C19H25N5O2. The van der Waals surface area contributed by atoms with Gasteiger partial charge in [0.2, 0.25) is 11.8 Å². The first-order valence-corrected chi connectivity index (χ1v) is 8.94. The van der Waals surface area contributed by atoms with Gasteiger partial charge in [0.1, 0.15) is 6.54 Å². The zero-order valence-electron chi connectivity index (χ0n) is 15.0. The zero-order valence-corrected chi connectivity index (χ0v) is 15.0. The minimum absolute atomic E-state index is 0.00672. The Morgan fingerprint density at radius 1 is 1.12 bits per heavy atom. The maximum atomic E-state index is 12.1. The summed E-state index contributed by atoms with van der Waals surface area (Å²) in [6.45, 7) is 4.17. The van der Waals surface area contributed by atoms with Gasteiger partial charge in [-0.05, 0) is 37.5 Å². The van der Waals surface area contributed by atoms with E-state index in [1.165, 1.54) is 0 Å². The van der Waals surface area contributed by atoms with Crippen molar-refractivity contribution in [2.24, 2.45) is 0 Å². The van der Waals surface area contributed by atoms with E-state index in [1.54, 1.807) is 10.9 Å². The van der Waals surface area contributed by atoms with Crippen LogP contribution in [0.4, 0.5) is 5.69 Å². The Kier molecular flexibility index (Phi) is 6.01. The third-order valence-corrected chi connectivity index (χ3v) is 4.45. The van der Waals surface area contributed by atoms with E-state index in [0.717, 1.165) is 37.2 Å². The molecule has 3 rings (SSSR count). The molecule has 1 aromatic carbocycles. The molecule has 2 heterocycles. The first-order chi connectivity index (χ1) is 12.6. The van der Waals surface area contributed by atoms with Crippen molar-refractivity contribution in [2.75, 3.05) is 25.0 Å². The van der Waals surface area contributed by atoms with Gasteiger partial charge in [0.15, 0.2) is 0 Å². The van der Waals surface area contributed by atoms with Gasteiger partial charge in [0, 0.05) is 31.0 Å². The normalized spacial score (nSPS) is 15.6. The van der Waals surface area contributed by atoms with Crippen molar-refractivity contribution >= 4 is 17.5 Å². The molecule has 0 bridgehead atoms. The molecule has 1 fully saturated rings. The largest absolute Gasteiger partial charge is 0.352 e. The second-order valence-electron chi connectivity index (χ2n) is 6.75. The Morgan fingerprint density at radius 2 is 1.85 bits per heavy atom. The summed E-state index contributed by atoms with van der Waals surface area (Å²) < 4.78 is 1.65. The molecule has 7 heteroatoms. The van der Waals surface area contributed by atoms with Crippen LogP contribution in [0.5, 0.6) is 0 Å². The van der Waals surface area contributed by atoms with Crippen LogP contribution in [0, 0.1) is 6.92 Å². The van der Waals surface area contributed by atoms with Crippen LogP contribution in [0.25, 0.3) is 0 Å². The number of carbonyl (C=O) groups is 2. The number of benzene rings is 1. The summed E-state index contributed by atoms with van der Waals surface area (Å²) in [7, 11) is 0. The molecule has 0 unspecified atom stereocenters. The highest BCUT2D eigenvalue weighted by atomic mass is 16.2. The number of piperidine rings is 1. The number of nitrogens with zero attached hydrogens (tertiary/aromatic N) is 3. The van der Waals surface area contributed by atoms with Crippen LogP contribution in [0.15, 0.2) is 42.7 Å². The lowest BCUT2D eigenvalue weighted by molar-refractivity contribution is -0.123. The van der Waals surface area contributed by atoms with Crippen molar-refractivity contribution in [3.8, 4) is 0 Å². The number of aryl methyl sites for hydroxylation is 1. The molecule has 2 amide bonds. The average Bonchev–Trinajstić information content (AvgIpc) is 3.02. The molecule has 0 spiro atoms. The zero-order chi connectivity index (χ0) is 18.4. The second-order valence-corrected chi connectivity index (χ2v) is 6.75. The molecule has 1 aliphatic rings. The summed E-state index contributed by atoms with van der Waals surface area (Å²) in [5, 5.41) is 10.1. The molecular weight excluding hydrogens is 330 g/mol. The smallest absolute Gasteiger partial charge is 0.241 e. The molecule has 0 radical (unpaired) electrons. The number of rotatable bonds is 6. The molecule has 26 heavy (non-hydrogen) atoms. The van der Waals surface area contributed by atoms with Crippen LogP contribution in [0.1, 0.15) is 18.4 Å². The van der Waals surface area contributed by atoms with Gasteiger partial charge in [-0.2, -0.15) is 5.10 Å². The van der Waals surface area contributed by atoms with E-state index in [4.69, 9.17) is 0 Å². The van der Waals surface area contributed by atoms with E-state index in [-0.39, 0.29) is 24.4 Å². The van der Waals surface area contributed by atoms with E-state index in [0.29, 0.717) is 6.54 Å². The highest BCUT2D eigenvalue weighted by molar-refractivity contribution is 5.92. The lowest BCUT2D eigenvalue weighted by Crippen LogP contribution is -2.47. The van der Waals surface area contributed by atoms with Gasteiger partial charge >= 0.3 is 0 Å². The molecule has 7 nitrogen and oxygen atoms in total. The number of likely N-dealkylation sites (tertiary alicyclic amines) is 1. The Morgan fingerprint density at radius 3 is 2.50 bits per heavy atom. The minimum Gasteiger partial charge on any atom is -0.352 e. The Labute approximate surface area is 153 Å². The number of nitrogens with one attached hydrogen (secondary N) is 2. The third kappa shape index (κ3) is 5.42. The molecule has 1 aromatic heterocycles. The minimum atomic E-state index is -0.0200. The van der Waals surface area contributed by atoms with E-state index in [1.807, 2.05) is 43.5 Å². The van der Waals surface area contributed by atoms with Gasteiger partial charge in [-0.15, -0.1) is 0 Å². The van der Waals surface area contributed by atoms with Gasteiger partial charge in [0.05, 0.1) is 12.7 Å². The Balaban J connectivity index is 1.37.